The van der Waals surface area contributed by atoms with Crippen LogP contribution in [0.5, 0.6) is 0 Å². The molecular weight excluding hydrogens is 265 g/mol. The van der Waals surface area contributed by atoms with E-state index in [0.717, 1.165) is 0 Å². The van der Waals surface area contributed by atoms with Gasteiger partial charge in [-0.05, 0) is 12.1 Å². The Hall–Kier alpha value is -1.52. The van der Waals surface area contributed by atoms with Gasteiger partial charge >= 0.3 is 5.97 Å². The molecule has 4 nitrogen and oxygen atoms in total. The maximum absolute atomic E-state index is 11.5. The van der Waals surface area contributed by atoms with Gasteiger partial charge in [-0.3, -0.25) is 0 Å². The van der Waals surface area contributed by atoms with E-state index in [4.69, 9.17) is 27.6 Å². The van der Waals surface area contributed by atoms with E-state index in [2.05, 4.69) is 9.72 Å². The molecular formula is C11H7Cl2NO3. The number of aromatic nitrogens is 1. The van der Waals surface area contributed by atoms with Crippen molar-refractivity contribution in [3.8, 4) is 11.3 Å². The minimum absolute atomic E-state index is 0.182. The summed E-state index contributed by atoms with van der Waals surface area (Å²) in [7, 11) is 1.28. The van der Waals surface area contributed by atoms with Gasteiger partial charge in [0.05, 0.1) is 34.5 Å². The first-order valence-corrected chi connectivity index (χ1v) is 5.36. The Morgan fingerprint density at radius 2 is 2.18 bits per heavy atom. The van der Waals surface area contributed by atoms with E-state index in [1.54, 1.807) is 6.07 Å². The van der Waals surface area contributed by atoms with Crippen LogP contribution in [0.25, 0.3) is 11.3 Å². The molecule has 0 aliphatic heterocycles. The minimum Gasteiger partial charge on any atom is -0.465 e. The van der Waals surface area contributed by atoms with E-state index in [9.17, 15) is 4.79 Å². The highest BCUT2D eigenvalue weighted by molar-refractivity contribution is 6.40. The molecule has 0 saturated carbocycles. The van der Waals surface area contributed by atoms with Gasteiger partial charge in [0.1, 0.15) is 0 Å². The van der Waals surface area contributed by atoms with Crippen molar-refractivity contribution in [2.45, 2.75) is 0 Å². The van der Waals surface area contributed by atoms with E-state index < -0.39 is 5.97 Å². The van der Waals surface area contributed by atoms with E-state index in [1.165, 1.54) is 25.8 Å². The molecule has 88 valence electrons. The lowest BCUT2D eigenvalue weighted by molar-refractivity contribution is 0.0601. The number of hydrogen-bond donors (Lipinski definition) is 0. The van der Waals surface area contributed by atoms with Crippen molar-refractivity contribution in [3.63, 3.8) is 0 Å². The summed E-state index contributed by atoms with van der Waals surface area (Å²) in [6.07, 6.45) is 2.72. The highest BCUT2D eigenvalue weighted by atomic mass is 35.5. The summed E-state index contributed by atoms with van der Waals surface area (Å²) in [5.41, 5.74) is 0.652. The van der Waals surface area contributed by atoms with E-state index in [1.807, 2.05) is 0 Å². The van der Waals surface area contributed by atoms with Gasteiger partial charge in [-0.15, -0.1) is 0 Å². The van der Waals surface area contributed by atoms with Crippen LogP contribution in [0.4, 0.5) is 0 Å². The second-order valence-electron chi connectivity index (χ2n) is 3.14. The number of oxazole rings is 1. The number of carbonyl (C=O) groups excluding carboxylic acids is 1. The monoisotopic (exact) mass is 271 g/mol. The van der Waals surface area contributed by atoms with E-state index >= 15 is 0 Å². The van der Waals surface area contributed by atoms with Gasteiger partial charge in [0, 0.05) is 0 Å². The third kappa shape index (κ3) is 2.14. The number of ether oxygens (including phenoxy) is 1. The van der Waals surface area contributed by atoms with Crippen LogP contribution in [0, 0.1) is 0 Å². The van der Waals surface area contributed by atoms with Crippen LogP contribution in [0.2, 0.25) is 10.0 Å². The fourth-order valence-corrected chi connectivity index (χ4v) is 2.02. The lowest BCUT2D eigenvalue weighted by Crippen LogP contribution is -2.02. The van der Waals surface area contributed by atoms with Crippen molar-refractivity contribution in [2.24, 2.45) is 0 Å². The van der Waals surface area contributed by atoms with Gasteiger partial charge < -0.3 is 9.15 Å². The zero-order chi connectivity index (χ0) is 12.4. The lowest BCUT2D eigenvalue weighted by atomic mass is 10.1. The van der Waals surface area contributed by atoms with Crippen molar-refractivity contribution in [3.05, 3.63) is 40.3 Å². The number of rotatable bonds is 2. The van der Waals surface area contributed by atoms with Crippen molar-refractivity contribution in [1.82, 2.24) is 4.98 Å². The molecule has 0 amide bonds. The van der Waals surface area contributed by atoms with Crippen LogP contribution in [0.15, 0.2) is 29.1 Å². The molecule has 17 heavy (non-hydrogen) atoms. The highest BCUT2D eigenvalue weighted by Gasteiger charge is 2.19. The molecule has 0 atom stereocenters. The van der Waals surface area contributed by atoms with Crippen LogP contribution in [0.1, 0.15) is 10.4 Å². The summed E-state index contributed by atoms with van der Waals surface area (Å²) in [6.45, 7) is 0. The van der Waals surface area contributed by atoms with Crippen molar-refractivity contribution in [1.29, 1.82) is 0 Å². The Balaban J connectivity index is 2.63. The fourth-order valence-electron chi connectivity index (χ4n) is 1.39. The molecule has 0 spiro atoms. The Morgan fingerprint density at radius 1 is 1.41 bits per heavy atom. The molecule has 0 unspecified atom stereocenters. The van der Waals surface area contributed by atoms with E-state index in [0.29, 0.717) is 16.3 Å². The third-order valence-corrected chi connectivity index (χ3v) is 2.88. The van der Waals surface area contributed by atoms with Crippen LogP contribution in [0.3, 0.4) is 0 Å². The quantitative estimate of drug-likeness (QED) is 0.786. The number of methoxy groups -OCH3 is 1. The predicted octanol–water partition coefficient (Wildman–Crippen LogP) is 3.44. The smallest absolute Gasteiger partial charge is 0.339 e. The second kappa shape index (κ2) is 4.77. The molecule has 0 aliphatic rings. The maximum atomic E-state index is 11.5. The van der Waals surface area contributed by atoms with Crippen molar-refractivity contribution in [2.75, 3.05) is 7.11 Å². The minimum atomic E-state index is -0.535. The number of nitrogens with zero attached hydrogens (tertiary/aromatic N) is 1. The number of esters is 1. The molecule has 0 aliphatic carbocycles. The standard InChI is InChI=1S/C11H7Cl2NO3/c1-16-11(15)6-2-3-7(12)9(10(6)13)8-4-14-5-17-8/h2-5H,1H3. The Kier molecular flexibility index (Phi) is 3.36. The SMILES string of the molecule is COC(=O)c1ccc(Cl)c(-c2cnco2)c1Cl. The van der Waals surface area contributed by atoms with Crippen molar-refractivity contribution < 1.29 is 13.9 Å². The maximum Gasteiger partial charge on any atom is 0.339 e. The number of halogens is 2. The highest BCUT2D eigenvalue weighted by Crippen LogP contribution is 2.36. The van der Waals surface area contributed by atoms with Gasteiger partial charge in [0.15, 0.2) is 12.2 Å². The van der Waals surface area contributed by atoms with Gasteiger partial charge in [0.25, 0.3) is 0 Å². The van der Waals surface area contributed by atoms with Gasteiger partial charge in [-0.25, -0.2) is 9.78 Å². The zero-order valence-electron chi connectivity index (χ0n) is 8.74. The van der Waals surface area contributed by atoms with Crippen LogP contribution < -0.4 is 0 Å². The molecule has 0 radical (unpaired) electrons. The molecule has 1 aromatic carbocycles. The summed E-state index contributed by atoms with van der Waals surface area (Å²) < 4.78 is 9.73. The summed E-state index contributed by atoms with van der Waals surface area (Å²) in [4.78, 5) is 15.2. The van der Waals surface area contributed by atoms with Gasteiger partial charge in [-0.1, -0.05) is 23.2 Å². The molecule has 6 heteroatoms. The van der Waals surface area contributed by atoms with Gasteiger partial charge in [-0.2, -0.15) is 0 Å². The topological polar surface area (TPSA) is 52.3 Å². The largest absolute Gasteiger partial charge is 0.465 e. The second-order valence-corrected chi connectivity index (χ2v) is 3.93. The average molecular weight is 272 g/mol. The summed E-state index contributed by atoms with van der Waals surface area (Å²) >= 11 is 12.1. The molecule has 1 aromatic heterocycles. The third-order valence-electron chi connectivity index (χ3n) is 2.18. The zero-order valence-corrected chi connectivity index (χ0v) is 10.2. The normalized spacial score (nSPS) is 10.3. The van der Waals surface area contributed by atoms with E-state index in [-0.39, 0.29) is 10.6 Å². The molecule has 0 N–H and O–H groups in total. The Labute approximate surface area is 107 Å². The molecule has 0 bridgehead atoms. The molecule has 2 rings (SSSR count). The molecule has 1 heterocycles. The van der Waals surface area contributed by atoms with Crippen molar-refractivity contribution >= 4 is 29.2 Å². The predicted molar refractivity (Wildman–Crippen MR) is 63.3 cm³/mol. The summed E-state index contributed by atoms with van der Waals surface area (Å²) in [6, 6.07) is 3.05. The van der Waals surface area contributed by atoms with Crippen LogP contribution in [-0.2, 0) is 4.74 Å². The Bertz CT molecular complexity index is 552. The van der Waals surface area contributed by atoms with Crippen LogP contribution in [-0.4, -0.2) is 18.1 Å². The number of hydrogen-bond acceptors (Lipinski definition) is 4. The summed E-state index contributed by atoms with van der Waals surface area (Å²) in [5, 5.41) is 0.556. The summed E-state index contributed by atoms with van der Waals surface area (Å²) in [5.74, 6) is -0.141. The molecule has 0 saturated heterocycles. The average Bonchev–Trinajstić information content (AvgIpc) is 2.82. The molecule has 0 fully saturated rings. The number of benzene rings is 1. The fraction of sp³-hybridized carbons (Fsp3) is 0.0909. The lowest BCUT2D eigenvalue weighted by Gasteiger charge is -2.07. The Morgan fingerprint density at radius 3 is 2.76 bits per heavy atom. The first kappa shape index (κ1) is 12.0. The first-order chi connectivity index (χ1) is 8.15. The molecule has 2 aromatic rings. The first-order valence-electron chi connectivity index (χ1n) is 4.60. The van der Waals surface area contributed by atoms with Gasteiger partial charge in [0.2, 0.25) is 0 Å². The van der Waals surface area contributed by atoms with Crippen LogP contribution >= 0.6 is 23.2 Å². The number of carbonyl (C=O) groups is 1.